The van der Waals surface area contributed by atoms with Gasteiger partial charge in [-0.15, -0.1) is 0 Å². The van der Waals surface area contributed by atoms with Gasteiger partial charge in [0.2, 0.25) is 12.7 Å². The van der Waals surface area contributed by atoms with E-state index >= 15 is 0 Å². The Morgan fingerprint density at radius 1 is 1.12 bits per heavy atom. The van der Waals surface area contributed by atoms with E-state index in [1.54, 1.807) is 0 Å². The summed E-state index contributed by atoms with van der Waals surface area (Å²) in [6, 6.07) is 7.87. The normalized spacial score (nSPS) is 17.1. The fourth-order valence-corrected chi connectivity index (χ4v) is 3.22. The fraction of sp³-hybridized carbons (Fsp3) is 0.444. The van der Waals surface area contributed by atoms with Gasteiger partial charge >= 0.3 is 0 Å². The van der Waals surface area contributed by atoms with Crippen LogP contribution in [-0.4, -0.2) is 53.8 Å². The van der Waals surface area contributed by atoms with Crippen molar-refractivity contribution in [2.45, 2.75) is 19.9 Å². The maximum atomic E-state index is 12.4. The maximum Gasteiger partial charge on any atom is 0.231 e. The van der Waals surface area contributed by atoms with Crippen LogP contribution in [0.5, 0.6) is 11.5 Å². The first-order chi connectivity index (χ1) is 12.2. The molecule has 0 unspecified atom stereocenters. The minimum absolute atomic E-state index is 0.107. The number of carbonyl (C=O) groups is 1. The Balaban J connectivity index is 1.28. The van der Waals surface area contributed by atoms with E-state index < -0.39 is 0 Å². The number of nitrogens with zero attached hydrogens (tertiary/aromatic N) is 3. The number of fused-ring (bicyclic) bond motifs is 1. The van der Waals surface area contributed by atoms with Gasteiger partial charge in [0.15, 0.2) is 11.5 Å². The molecule has 7 nitrogen and oxygen atoms in total. The highest BCUT2D eigenvalue weighted by molar-refractivity contribution is 5.78. The highest BCUT2D eigenvalue weighted by atomic mass is 16.7. The van der Waals surface area contributed by atoms with Gasteiger partial charge in [-0.05, 0) is 24.6 Å². The fourth-order valence-electron chi connectivity index (χ4n) is 3.22. The molecule has 2 aliphatic rings. The van der Waals surface area contributed by atoms with Crippen LogP contribution in [0.25, 0.3) is 0 Å². The lowest BCUT2D eigenvalue weighted by Gasteiger charge is -2.34. The second-order valence-corrected chi connectivity index (χ2v) is 6.45. The number of benzene rings is 1. The minimum Gasteiger partial charge on any atom is -0.454 e. The monoisotopic (exact) mass is 343 g/mol. The van der Waals surface area contributed by atoms with Crippen molar-refractivity contribution in [1.82, 2.24) is 15.0 Å². The van der Waals surface area contributed by atoms with Gasteiger partial charge < -0.3 is 18.9 Å². The molecule has 25 heavy (non-hydrogen) atoms. The molecule has 2 aromatic rings. The number of hydrogen-bond acceptors (Lipinski definition) is 6. The largest absolute Gasteiger partial charge is 0.454 e. The second-order valence-electron chi connectivity index (χ2n) is 6.45. The van der Waals surface area contributed by atoms with Gasteiger partial charge in [-0.1, -0.05) is 11.2 Å². The third kappa shape index (κ3) is 3.61. The molecule has 2 aliphatic heterocycles. The SMILES string of the molecule is Cc1cc(CC(=O)N2CCN(Cc3ccc4c(c3)OCO4)CC2)no1. The molecule has 0 radical (unpaired) electrons. The average Bonchev–Trinajstić information content (AvgIpc) is 3.24. The van der Waals surface area contributed by atoms with Crippen molar-refractivity contribution in [2.24, 2.45) is 0 Å². The lowest BCUT2D eigenvalue weighted by Crippen LogP contribution is -2.48. The Morgan fingerprint density at radius 2 is 1.92 bits per heavy atom. The summed E-state index contributed by atoms with van der Waals surface area (Å²) in [6.07, 6.45) is 0.305. The summed E-state index contributed by atoms with van der Waals surface area (Å²) in [5.74, 6) is 2.46. The Hall–Kier alpha value is -2.54. The molecule has 0 spiro atoms. The summed E-state index contributed by atoms with van der Waals surface area (Å²) >= 11 is 0. The first-order valence-electron chi connectivity index (χ1n) is 8.48. The van der Waals surface area contributed by atoms with E-state index in [4.69, 9.17) is 14.0 Å². The van der Waals surface area contributed by atoms with E-state index in [1.165, 1.54) is 5.56 Å². The van der Waals surface area contributed by atoms with Crippen molar-refractivity contribution in [3.05, 3.63) is 41.3 Å². The van der Waals surface area contributed by atoms with E-state index in [1.807, 2.05) is 30.0 Å². The number of carbonyl (C=O) groups excluding carboxylic acids is 1. The van der Waals surface area contributed by atoms with Crippen molar-refractivity contribution < 1.29 is 18.8 Å². The number of hydrogen-bond donors (Lipinski definition) is 0. The number of amides is 1. The van der Waals surface area contributed by atoms with Crippen molar-refractivity contribution in [2.75, 3.05) is 33.0 Å². The molecule has 1 saturated heterocycles. The van der Waals surface area contributed by atoms with E-state index in [2.05, 4.69) is 16.1 Å². The zero-order chi connectivity index (χ0) is 17.2. The molecule has 1 amide bonds. The number of rotatable bonds is 4. The van der Waals surface area contributed by atoms with Crippen LogP contribution >= 0.6 is 0 Å². The first-order valence-corrected chi connectivity index (χ1v) is 8.48. The maximum absolute atomic E-state index is 12.4. The summed E-state index contributed by atoms with van der Waals surface area (Å²) in [6.45, 7) is 6.16. The van der Waals surface area contributed by atoms with Crippen LogP contribution in [0.3, 0.4) is 0 Å². The van der Waals surface area contributed by atoms with Crippen LogP contribution in [0.4, 0.5) is 0 Å². The number of aryl methyl sites for hydroxylation is 1. The Morgan fingerprint density at radius 3 is 2.68 bits per heavy atom. The van der Waals surface area contributed by atoms with Gasteiger partial charge in [0.25, 0.3) is 0 Å². The zero-order valence-corrected chi connectivity index (χ0v) is 14.2. The zero-order valence-electron chi connectivity index (χ0n) is 14.2. The predicted molar refractivity (Wildman–Crippen MR) is 89.4 cm³/mol. The predicted octanol–water partition coefficient (Wildman–Crippen LogP) is 1.60. The Labute approximate surface area is 146 Å². The van der Waals surface area contributed by atoms with Crippen LogP contribution in [-0.2, 0) is 17.8 Å². The van der Waals surface area contributed by atoms with Crippen LogP contribution in [0.15, 0.2) is 28.8 Å². The molecule has 0 N–H and O–H groups in total. The molecule has 1 aromatic carbocycles. The Kier molecular flexibility index (Phi) is 4.31. The highest BCUT2D eigenvalue weighted by Crippen LogP contribution is 2.32. The molecular formula is C18H21N3O4. The number of ether oxygens (including phenoxy) is 2. The van der Waals surface area contributed by atoms with Crippen molar-refractivity contribution in [3.8, 4) is 11.5 Å². The lowest BCUT2D eigenvalue weighted by molar-refractivity contribution is -0.132. The van der Waals surface area contributed by atoms with Gasteiger partial charge in [0, 0.05) is 38.8 Å². The van der Waals surface area contributed by atoms with E-state index in [-0.39, 0.29) is 5.91 Å². The van der Waals surface area contributed by atoms with Crippen molar-refractivity contribution >= 4 is 5.91 Å². The number of aromatic nitrogens is 1. The average molecular weight is 343 g/mol. The van der Waals surface area contributed by atoms with Crippen molar-refractivity contribution in [3.63, 3.8) is 0 Å². The van der Waals surface area contributed by atoms with Gasteiger partial charge in [-0.3, -0.25) is 9.69 Å². The summed E-state index contributed by atoms with van der Waals surface area (Å²) in [7, 11) is 0. The number of piperazine rings is 1. The standard InChI is InChI=1S/C18H21N3O4/c1-13-8-15(19-25-13)10-18(22)21-6-4-20(5-7-21)11-14-2-3-16-17(9-14)24-12-23-16/h2-3,8-9H,4-7,10-12H2,1H3. The first kappa shape index (κ1) is 16.0. The Bertz CT molecular complexity index is 765. The molecule has 0 saturated carbocycles. The molecule has 1 aromatic heterocycles. The van der Waals surface area contributed by atoms with Crippen LogP contribution in [0, 0.1) is 6.92 Å². The highest BCUT2D eigenvalue weighted by Gasteiger charge is 2.22. The van der Waals surface area contributed by atoms with E-state index in [9.17, 15) is 4.79 Å². The van der Waals surface area contributed by atoms with Crippen LogP contribution < -0.4 is 9.47 Å². The van der Waals surface area contributed by atoms with Gasteiger partial charge in [0.1, 0.15) is 5.76 Å². The lowest BCUT2D eigenvalue weighted by atomic mass is 10.1. The summed E-state index contributed by atoms with van der Waals surface area (Å²) in [5.41, 5.74) is 1.90. The third-order valence-electron chi connectivity index (χ3n) is 4.58. The molecule has 0 aliphatic carbocycles. The molecule has 0 bridgehead atoms. The smallest absolute Gasteiger partial charge is 0.231 e. The van der Waals surface area contributed by atoms with Crippen LogP contribution in [0.1, 0.15) is 17.0 Å². The topological polar surface area (TPSA) is 68.0 Å². The summed E-state index contributed by atoms with van der Waals surface area (Å²) in [5, 5.41) is 3.89. The molecule has 0 atom stereocenters. The van der Waals surface area contributed by atoms with Gasteiger partial charge in [-0.2, -0.15) is 0 Å². The van der Waals surface area contributed by atoms with E-state index in [0.29, 0.717) is 18.9 Å². The van der Waals surface area contributed by atoms with Crippen LogP contribution in [0.2, 0.25) is 0 Å². The second kappa shape index (κ2) is 6.76. The molecule has 4 rings (SSSR count). The van der Waals surface area contributed by atoms with Gasteiger partial charge in [-0.25, -0.2) is 0 Å². The van der Waals surface area contributed by atoms with Gasteiger partial charge in [0.05, 0.1) is 12.1 Å². The van der Waals surface area contributed by atoms with Crippen molar-refractivity contribution in [1.29, 1.82) is 0 Å². The third-order valence-corrected chi connectivity index (χ3v) is 4.58. The van der Waals surface area contributed by atoms with E-state index in [0.717, 1.165) is 50.0 Å². The molecule has 3 heterocycles. The molecule has 7 heteroatoms. The quantitative estimate of drug-likeness (QED) is 0.840. The molecule has 1 fully saturated rings. The summed E-state index contributed by atoms with van der Waals surface area (Å²) < 4.78 is 15.8. The molecule has 132 valence electrons. The minimum atomic E-state index is 0.107. The molecular weight excluding hydrogens is 322 g/mol. The summed E-state index contributed by atoms with van der Waals surface area (Å²) in [4.78, 5) is 16.6.